The largest absolute Gasteiger partial charge is 0.378 e. The molecule has 0 aromatic rings. The third kappa shape index (κ3) is 6.38. The molecule has 0 N–H and O–H groups in total. The number of hydrogen-bond acceptors (Lipinski definition) is 3. The first kappa shape index (κ1) is 15.2. The Morgan fingerprint density at radius 1 is 1.27 bits per heavy atom. The average molecular weight is 257 g/mol. The van der Waals surface area contributed by atoms with Gasteiger partial charge in [-0.25, -0.2) is 8.42 Å². The van der Waals surface area contributed by atoms with Gasteiger partial charge in [0.15, 0.2) is 0 Å². The number of hydrogen-bond donors (Lipinski definition) is 0. The van der Waals surface area contributed by atoms with Crippen molar-refractivity contribution in [2.24, 2.45) is 5.41 Å². The standard InChI is InChI=1S/C10H21ClO3S/c1-5-10(6-2,7-14-9(3)4)8-15(11,12)13/h9H,5-8H2,1-4H3. The van der Waals surface area contributed by atoms with Crippen LogP contribution >= 0.6 is 10.7 Å². The summed E-state index contributed by atoms with van der Waals surface area (Å²) in [5, 5.41) is 0. The normalized spacial score (nSPS) is 13.5. The zero-order valence-corrected chi connectivity index (χ0v) is 11.5. The second kappa shape index (κ2) is 6.06. The van der Waals surface area contributed by atoms with Crippen LogP contribution in [0.15, 0.2) is 0 Å². The lowest BCUT2D eigenvalue weighted by molar-refractivity contribution is 0.0124. The van der Waals surface area contributed by atoms with Crippen molar-refractivity contribution < 1.29 is 13.2 Å². The quantitative estimate of drug-likeness (QED) is 0.658. The van der Waals surface area contributed by atoms with Crippen LogP contribution in [0.3, 0.4) is 0 Å². The van der Waals surface area contributed by atoms with Crippen molar-refractivity contribution >= 4 is 19.7 Å². The highest BCUT2D eigenvalue weighted by Crippen LogP contribution is 2.30. The molecule has 5 heteroatoms. The van der Waals surface area contributed by atoms with Gasteiger partial charge in [-0.1, -0.05) is 13.8 Å². The maximum atomic E-state index is 11.1. The van der Waals surface area contributed by atoms with E-state index in [-0.39, 0.29) is 17.3 Å². The van der Waals surface area contributed by atoms with E-state index in [1.165, 1.54) is 0 Å². The second-order valence-electron chi connectivity index (χ2n) is 4.25. The van der Waals surface area contributed by atoms with Crippen molar-refractivity contribution in [1.29, 1.82) is 0 Å². The lowest BCUT2D eigenvalue weighted by Gasteiger charge is -2.30. The Kier molecular flexibility index (Phi) is 6.14. The van der Waals surface area contributed by atoms with Gasteiger partial charge in [0.1, 0.15) is 0 Å². The minimum absolute atomic E-state index is 0.0126. The molecule has 0 heterocycles. The van der Waals surface area contributed by atoms with E-state index in [1.54, 1.807) is 0 Å². The smallest absolute Gasteiger partial charge is 0.233 e. The van der Waals surface area contributed by atoms with Gasteiger partial charge in [-0.2, -0.15) is 0 Å². The molecule has 3 nitrogen and oxygen atoms in total. The first-order chi connectivity index (χ1) is 6.74. The average Bonchev–Trinajstić information content (AvgIpc) is 2.10. The van der Waals surface area contributed by atoms with Gasteiger partial charge in [0.2, 0.25) is 9.05 Å². The van der Waals surface area contributed by atoms with Crippen LogP contribution in [0.25, 0.3) is 0 Å². The zero-order valence-electron chi connectivity index (χ0n) is 9.92. The van der Waals surface area contributed by atoms with Gasteiger partial charge in [0, 0.05) is 16.1 Å². The number of ether oxygens (including phenoxy) is 1. The molecule has 0 aliphatic heterocycles. The highest BCUT2D eigenvalue weighted by Gasteiger charge is 2.32. The first-order valence-corrected chi connectivity index (χ1v) is 7.76. The van der Waals surface area contributed by atoms with Gasteiger partial charge in [-0.05, 0) is 26.7 Å². The number of halogens is 1. The molecule has 0 atom stereocenters. The van der Waals surface area contributed by atoms with Crippen LogP contribution in [0.1, 0.15) is 40.5 Å². The predicted molar refractivity (Wildman–Crippen MR) is 63.7 cm³/mol. The molecule has 0 bridgehead atoms. The topological polar surface area (TPSA) is 43.4 Å². The van der Waals surface area contributed by atoms with Crippen molar-refractivity contribution in [1.82, 2.24) is 0 Å². The van der Waals surface area contributed by atoms with Gasteiger partial charge in [-0.3, -0.25) is 0 Å². The van der Waals surface area contributed by atoms with Crippen LogP contribution in [-0.4, -0.2) is 26.9 Å². The Morgan fingerprint density at radius 3 is 2.00 bits per heavy atom. The third-order valence-electron chi connectivity index (χ3n) is 2.70. The maximum absolute atomic E-state index is 11.1. The van der Waals surface area contributed by atoms with E-state index in [0.717, 1.165) is 12.8 Å². The Morgan fingerprint density at radius 2 is 1.73 bits per heavy atom. The Labute approximate surface area is 97.6 Å². The minimum atomic E-state index is -3.46. The zero-order chi connectivity index (χ0) is 12.1. The summed E-state index contributed by atoms with van der Waals surface area (Å²) in [5.74, 6) is -0.0126. The fourth-order valence-electron chi connectivity index (χ4n) is 1.41. The van der Waals surface area contributed by atoms with E-state index in [9.17, 15) is 8.42 Å². The molecule has 0 amide bonds. The van der Waals surface area contributed by atoms with Gasteiger partial charge >= 0.3 is 0 Å². The molecular weight excluding hydrogens is 236 g/mol. The van der Waals surface area contributed by atoms with E-state index < -0.39 is 9.05 Å². The molecule has 0 saturated carbocycles. The van der Waals surface area contributed by atoms with Crippen molar-refractivity contribution in [3.05, 3.63) is 0 Å². The van der Waals surface area contributed by atoms with Crippen molar-refractivity contribution in [2.45, 2.75) is 46.6 Å². The fourth-order valence-corrected chi connectivity index (χ4v) is 3.33. The summed E-state index contributed by atoms with van der Waals surface area (Å²) in [6.45, 7) is 8.25. The summed E-state index contributed by atoms with van der Waals surface area (Å²) in [6, 6.07) is 0. The third-order valence-corrected chi connectivity index (χ3v) is 3.99. The highest BCUT2D eigenvalue weighted by atomic mass is 35.7. The van der Waals surface area contributed by atoms with Gasteiger partial charge < -0.3 is 4.74 Å². The molecule has 0 rings (SSSR count). The molecule has 0 saturated heterocycles. The molecule has 0 aliphatic rings. The Hall–Kier alpha value is 0.200. The second-order valence-corrected chi connectivity index (χ2v) is 7.03. The summed E-state index contributed by atoms with van der Waals surface area (Å²) >= 11 is 0. The van der Waals surface area contributed by atoms with Crippen molar-refractivity contribution in [3.63, 3.8) is 0 Å². The molecule has 15 heavy (non-hydrogen) atoms. The van der Waals surface area contributed by atoms with E-state index in [4.69, 9.17) is 15.4 Å². The Bertz CT molecular complexity index is 268. The minimum Gasteiger partial charge on any atom is -0.378 e. The van der Waals surface area contributed by atoms with Crippen LogP contribution in [0.5, 0.6) is 0 Å². The molecule has 0 radical (unpaired) electrons. The maximum Gasteiger partial charge on any atom is 0.233 e. The molecular formula is C10H21ClO3S. The van der Waals surface area contributed by atoms with Crippen LogP contribution in [0.4, 0.5) is 0 Å². The monoisotopic (exact) mass is 256 g/mol. The highest BCUT2D eigenvalue weighted by molar-refractivity contribution is 8.13. The van der Waals surface area contributed by atoms with Crippen LogP contribution in [0.2, 0.25) is 0 Å². The number of rotatable bonds is 7. The molecule has 0 aliphatic carbocycles. The lowest BCUT2D eigenvalue weighted by Crippen LogP contribution is -2.33. The molecule has 0 unspecified atom stereocenters. The van der Waals surface area contributed by atoms with Gasteiger partial charge in [0.05, 0.1) is 18.5 Å². The summed E-state index contributed by atoms with van der Waals surface area (Å²) in [5.41, 5.74) is -0.342. The summed E-state index contributed by atoms with van der Waals surface area (Å²) in [6.07, 6.45) is 1.62. The first-order valence-electron chi connectivity index (χ1n) is 5.28. The fraction of sp³-hybridized carbons (Fsp3) is 1.00. The van der Waals surface area contributed by atoms with Crippen LogP contribution < -0.4 is 0 Å². The lowest BCUT2D eigenvalue weighted by atomic mass is 9.85. The summed E-state index contributed by atoms with van der Waals surface area (Å²) in [4.78, 5) is 0. The van der Waals surface area contributed by atoms with E-state index in [2.05, 4.69) is 0 Å². The predicted octanol–water partition coefficient (Wildman–Crippen LogP) is 2.79. The molecule has 92 valence electrons. The van der Waals surface area contributed by atoms with Crippen LogP contribution in [-0.2, 0) is 13.8 Å². The molecule has 0 aromatic heterocycles. The van der Waals surface area contributed by atoms with Gasteiger partial charge in [-0.15, -0.1) is 0 Å². The van der Waals surface area contributed by atoms with E-state index in [0.29, 0.717) is 6.61 Å². The van der Waals surface area contributed by atoms with Crippen molar-refractivity contribution in [3.8, 4) is 0 Å². The van der Waals surface area contributed by atoms with Crippen LogP contribution in [0, 0.1) is 5.41 Å². The van der Waals surface area contributed by atoms with E-state index in [1.807, 2.05) is 27.7 Å². The van der Waals surface area contributed by atoms with Crippen molar-refractivity contribution in [2.75, 3.05) is 12.4 Å². The molecule has 0 aromatic carbocycles. The molecule has 0 spiro atoms. The summed E-state index contributed by atoms with van der Waals surface area (Å²) < 4.78 is 27.8. The SMILES string of the molecule is CCC(CC)(COC(C)C)CS(=O)(=O)Cl. The van der Waals surface area contributed by atoms with E-state index >= 15 is 0 Å². The van der Waals surface area contributed by atoms with Gasteiger partial charge in [0.25, 0.3) is 0 Å². The summed E-state index contributed by atoms with van der Waals surface area (Å²) in [7, 11) is 1.85. The molecule has 0 fully saturated rings. The Balaban J connectivity index is 4.58.